The van der Waals surface area contributed by atoms with Crippen LogP contribution in [-0.2, 0) is 9.53 Å². The number of ether oxygens (including phenoxy) is 2. The number of esters is 1. The van der Waals surface area contributed by atoms with E-state index >= 15 is 0 Å². The van der Waals surface area contributed by atoms with Gasteiger partial charge in [-0.3, -0.25) is 14.4 Å². The molecule has 2 aromatic rings. The number of piperidine rings is 1. The average Bonchev–Trinajstić information content (AvgIpc) is 2.74. The minimum absolute atomic E-state index is 0.0375. The van der Waals surface area contributed by atoms with Crippen LogP contribution >= 0.6 is 0 Å². The second-order valence-corrected chi connectivity index (χ2v) is 6.49. The van der Waals surface area contributed by atoms with E-state index in [4.69, 9.17) is 9.47 Å². The van der Waals surface area contributed by atoms with Gasteiger partial charge in [-0.15, -0.1) is 0 Å². The van der Waals surface area contributed by atoms with E-state index in [1.807, 2.05) is 6.07 Å². The van der Waals surface area contributed by atoms with Crippen LogP contribution in [0.2, 0.25) is 0 Å². The Morgan fingerprint density at radius 2 is 2.00 bits per heavy atom. The van der Waals surface area contributed by atoms with Gasteiger partial charge in [0.1, 0.15) is 0 Å². The summed E-state index contributed by atoms with van der Waals surface area (Å²) in [6.07, 6.45) is 1.37. The molecule has 1 saturated heterocycles. The number of aromatic nitrogens is 2. The first kappa shape index (κ1) is 19.6. The first-order valence-electron chi connectivity index (χ1n) is 9.24. The van der Waals surface area contributed by atoms with Gasteiger partial charge in [0.25, 0.3) is 11.5 Å². The quantitative estimate of drug-likeness (QED) is 0.727. The molecule has 3 rings (SSSR count). The number of hydrogen-bond donors (Lipinski definition) is 0. The molecule has 1 aliphatic heterocycles. The lowest BCUT2D eigenvalue weighted by molar-refractivity contribution is -0.149. The Hall–Kier alpha value is -3.16. The lowest BCUT2D eigenvalue weighted by atomic mass is 9.98. The molecule has 0 bridgehead atoms. The van der Waals surface area contributed by atoms with Gasteiger partial charge in [-0.2, -0.15) is 9.78 Å². The summed E-state index contributed by atoms with van der Waals surface area (Å²) < 4.78 is 11.5. The molecule has 8 heteroatoms. The maximum atomic E-state index is 13.1. The summed E-state index contributed by atoms with van der Waals surface area (Å²) in [7, 11) is 1.39. The Balaban J connectivity index is 1.92. The Morgan fingerprint density at radius 1 is 1.25 bits per heavy atom. The fourth-order valence-corrected chi connectivity index (χ4v) is 3.26. The van der Waals surface area contributed by atoms with Gasteiger partial charge < -0.3 is 14.4 Å². The first-order chi connectivity index (χ1) is 13.5. The highest BCUT2D eigenvalue weighted by Crippen LogP contribution is 2.22. The molecule has 1 aromatic heterocycles. The largest absolute Gasteiger partial charge is 0.494 e. The summed E-state index contributed by atoms with van der Waals surface area (Å²) in [4.78, 5) is 39.1. The molecule has 0 N–H and O–H groups in total. The van der Waals surface area contributed by atoms with Gasteiger partial charge in [0.2, 0.25) is 0 Å². The molecule has 1 aromatic carbocycles. The molecule has 0 spiro atoms. The van der Waals surface area contributed by atoms with Crippen LogP contribution < -0.4 is 10.3 Å². The van der Waals surface area contributed by atoms with Crippen molar-refractivity contribution >= 4 is 11.9 Å². The van der Waals surface area contributed by atoms with Gasteiger partial charge >= 0.3 is 5.97 Å². The summed E-state index contributed by atoms with van der Waals surface area (Å²) in [6.45, 7) is 2.82. The highest BCUT2D eigenvalue weighted by molar-refractivity contribution is 5.95. The monoisotopic (exact) mass is 385 g/mol. The molecule has 1 atom stereocenters. The van der Waals surface area contributed by atoms with Gasteiger partial charge in [-0.25, -0.2) is 0 Å². The van der Waals surface area contributed by atoms with E-state index in [1.165, 1.54) is 17.9 Å². The van der Waals surface area contributed by atoms with E-state index in [0.29, 0.717) is 31.7 Å². The molecule has 0 radical (unpaired) electrons. The Kier molecular flexibility index (Phi) is 6.08. The Morgan fingerprint density at radius 3 is 2.68 bits per heavy atom. The molecular weight excluding hydrogens is 362 g/mol. The predicted octanol–water partition coefficient (Wildman–Crippen LogP) is 1.66. The Bertz CT molecular complexity index is 910. The van der Waals surface area contributed by atoms with E-state index in [1.54, 1.807) is 36.1 Å². The zero-order chi connectivity index (χ0) is 20.1. The molecule has 0 saturated carbocycles. The van der Waals surface area contributed by atoms with Crippen molar-refractivity contribution in [3.63, 3.8) is 0 Å². The number of likely N-dealkylation sites (tertiary alicyclic amines) is 1. The van der Waals surface area contributed by atoms with Crippen LogP contribution in [-0.4, -0.2) is 53.4 Å². The summed E-state index contributed by atoms with van der Waals surface area (Å²) >= 11 is 0. The van der Waals surface area contributed by atoms with Crippen LogP contribution in [0.1, 0.15) is 30.3 Å². The van der Waals surface area contributed by atoms with Crippen molar-refractivity contribution in [1.29, 1.82) is 0 Å². The topological polar surface area (TPSA) is 90.7 Å². The van der Waals surface area contributed by atoms with E-state index in [-0.39, 0.29) is 35.8 Å². The average molecular weight is 385 g/mol. The molecule has 148 valence electrons. The number of rotatable bonds is 5. The molecular formula is C20H23N3O5. The van der Waals surface area contributed by atoms with E-state index in [9.17, 15) is 14.4 Å². The molecule has 1 amide bonds. The zero-order valence-corrected chi connectivity index (χ0v) is 16.0. The van der Waals surface area contributed by atoms with Crippen molar-refractivity contribution < 1.29 is 19.1 Å². The fraction of sp³-hybridized carbons (Fsp3) is 0.400. The van der Waals surface area contributed by atoms with Crippen molar-refractivity contribution in [2.45, 2.75) is 19.8 Å². The molecule has 8 nitrogen and oxygen atoms in total. The van der Waals surface area contributed by atoms with Crippen molar-refractivity contribution in [2.75, 3.05) is 26.8 Å². The third-order valence-corrected chi connectivity index (χ3v) is 4.65. The SMILES string of the molecule is CCOC(=O)[C@H]1CCCN(C(=O)c2nn(-c3ccccc3)c(=O)cc2OC)C1. The van der Waals surface area contributed by atoms with Crippen LogP contribution in [0.15, 0.2) is 41.2 Å². The normalized spacial score (nSPS) is 16.5. The van der Waals surface area contributed by atoms with Crippen LogP contribution in [0.25, 0.3) is 5.69 Å². The number of benzene rings is 1. The standard InChI is InChI=1S/C20H23N3O5/c1-3-28-20(26)14-8-7-11-22(13-14)19(25)18-16(27-2)12-17(24)23(21-18)15-9-5-4-6-10-15/h4-6,9-10,12,14H,3,7-8,11,13H2,1-2H3/t14-/m0/s1. The van der Waals surface area contributed by atoms with Gasteiger partial charge in [-0.05, 0) is 31.9 Å². The Labute approximate surface area is 162 Å². The van der Waals surface area contributed by atoms with Crippen molar-refractivity contribution in [1.82, 2.24) is 14.7 Å². The highest BCUT2D eigenvalue weighted by atomic mass is 16.5. The molecule has 0 aliphatic carbocycles. The van der Waals surface area contributed by atoms with Gasteiger partial charge in [0, 0.05) is 13.1 Å². The van der Waals surface area contributed by atoms with E-state index in [2.05, 4.69) is 5.10 Å². The van der Waals surface area contributed by atoms with Crippen LogP contribution in [0, 0.1) is 5.92 Å². The van der Waals surface area contributed by atoms with Crippen molar-refractivity contribution in [2.24, 2.45) is 5.92 Å². The third-order valence-electron chi connectivity index (χ3n) is 4.65. The smallest absolute Gasteiger partial charge is 0.310 e. The zero-order valence-electron chi connectivity index (χ0n) is 16.0. The number of carbonyl (C=O) groups excluding carboxylic acids is 2. The van der Waals surface area contributed by atoms with E-state index in [0.717, 1.165) is 0 Å². The van der Waals surface area contributed by atoms with Gasteiger partial charge in [-0.1, -0.05) is 18.2 Å². The maximum Gasteiger partial charge on any atom is 0.310 e. The number of para-hydroxylation sites is 1. The summed E-state index contributed by atoms with van der Waals surface area (Å²) in [6, 6.07) is 10.1. The summed E-state index contributed by atoms with van der Waals surface area (Å²) in [5.41, 5.74) is 0.186. The molecule has 2 heterocycles. The lowest BCUT2D eigenvalue weighted by Crippen LogP contribution is -2.43. The second kappa shape index (κ2) is 8.69. The first-order valence-corrected chi connectivity index (χ1v) is 9.24. The number of amides is 1. The number of carbonyl (C=O) groups is 2. The molecule has 28 heavy (non-hydrogen) atoms. The number of hydrogen-bond acceptors (Lipinski definition) is 6. The highest BCUT2D eigenvalue weighted by Gasteiger charge is 2.32. The number of methoxy groups -OCH3 is 1. The third kappa shape index (κ3) is 4.05. The van der Waals surface area contributed by atoms with Crippen LogP contribution in [0.4, 0.5) is 0 Å². The minimum Gasteiger partial charge on any atom is -0.494 e. The lowest BCUT2D eigenvalue weighted by Gasteiger charge is -2.31. The molecule has 0 unspecified atom stereocenters. The summed E-state index contributed by atoms with van der Waals surface area (Å²) in [5, 5.41) is 4.27. The predicted molar refractivity (Wildman–Crippen MR) is 102 cm³/mol. The van der Waals surface area contributed by atoms with E-state index < -0.39 is 5.56 Å². The number of nitrogens with zero attached hydrogens (tertiary/aromatic N) is 3. The second-order valence-electron chi connectivity index (χ2n) is 6.49. The van der Waals surface area contributed by atoms with Gasteiger partial charge in [0.15, 0.2) is 11.4 Å². The van der Waals surface area contributed by atoms with Crippen LogP contribution in [0.5, 0.6) is 5.75 Å². The van der Waals surface area contributed by atoms with Crippen molar-refractivity contribution in [3.05, 3.63) is 52.4 Å². The minimum atomic E-state index is -0.400. The van der Waals surface area contributed by atoms with Crippen molar-refractivity contribution in [3.8, 4) is 11.4 Å². The fourth-order valence-electron chi connectivity index (χ4n) is 3.26. The summed E-state index contributed by atoms with van der Waals surface area (Å²) in [5.74, 6) is -0.922. The molecule has 1 fully saturated rings. The maximum absolute atomic E-state index is 13.1. The van der Waals surface area contributed by atoms with Crippen LogP contribution in [0.3, 0.4) is 0 Å². The molecule has 1 aliphatic rings. The van der Waals surface area contributed by atoms with Gasteiger partial charge in [0.05, 0.1) is 31.4 Å².